The summed E-state index contributed by atoms with van der Waals surface area (Å²) >= 11 is 3.35. The van der Waals surface area contributed by atoms with Crippen molar-refractivity contribution in [1.82, 2.24) is 4.90 Å². The fourth-order valence-corrected chi connectivity index (χ4v) is 2.40. The number of anilines is 1. The van der Waals surface area contributed by atoms with Gasteiger partial charge >= 0.3 is 12.1 Å². The first-order chi connectivity index (χ1) is 12.0. The van der Waals surface area contributed by atoms with Crippen molar-refractivity contribution in [3.63, 3.8) is 0 Å². The van der Waals surface area contributed by atoms with E-state index in [1.807, 2.05) is 0 Å². The molecule has 2 amide bonds. The number of nitrogens with zero attached hydrogens (tertiary/aromatic N) is 1. The van der Waals surface area contributed by atoms with E-state index in [1.54, 1.807) is 39.0 Å². The van der Waals surface area contributed by atoms with Gasteiger partial charge in [-0.3, -0.25) is 4.79 Å². The smallest absolute Gasteiger partial charge is 0.417 e. The predicted molar refractivity (Wildman–Crippen MR) is 102 cm³/mol. The molecule has 1 rings (SSSR count). The lowest BCUT2D eigenvalue weighted by Crippen LogP contribution is -2.42. The van der Waals surface area contributed by atoms with Crippen LogP contribution in [0.3, 0.4) is 0 Å². The number of carboxylic acids is 1. The molecule has 0 heterocycles. The van der Waals surface area contributed by atoms with Gasteiger partial charge in [0.05, 0.1) is 6.42 Å². The zero-order valence-electron chi connectivity index (χ0n) is 15.0. The van der Waals surface area contributed by atoms with Crippen LogP contribution in [0.15, 0.2) is 34.8 Å². The summed E-state index contributed by atoms with van der Waals surface area (Å²) in [7, 11) is 0. The minimum atomic E-state index is -1.09. The molecule has 7 nitrogen and oxygen atoms in total. The van der Waals surface area contributed by atoms with Gasteiger partial charge in [0.2, 0.25) is 5.91 Å². The van der Waals surface area contributed by atoms with E-state index < -0.39 is 23.6 Å². The third-order valence-electron chi connectivity index (χ3n) is 3.11. The molecule has 142 valence electrons. The molecular formula is C18H23BrN2O5. The second kappa shape index (κ2) is 9.38. The lowest BCUT2D eigenvalue weighted by Gasteiger charge is -2.26. The maximum atomic E-state index is 12.7. The number of nitrogen functional groups attached to an aromatic ring is 1. The topological polar surface area (TPSA) is 110 Å². The van der Waals surface area contributed by atoms with E-state index in [0.717, 1.165) is 11.0 Å². The fourth-order valence-electron chi connectivity index (χ4n) is 2.01. The lowest BCUT2D eigenvalue weighted by atomic mass is 10.1. The number of carbonyl (C=O) groups is 3. The number of ether oxygens (including phenoxy) is 1. The molecule has 0 radical (unpaired) electrons. The predicted octanol–water partition coefficient (Wildman–Crippen LogP) is 3.37. The number of hydrogen-bond acceptors (Lipinski definition) is 5. The number of hydrogen-bond donors (Lipinski definition) is 2. The Morgan fingerprint density at radius 1 is 1.31 bits per heavy atom. The highest BCUT2D eigenvalue weighted by atomic mass is 79.9. The molecule has 8 heteroatoms. The monoisotopic (exact) mass is 426 g/mol. The minimum absolute atomic E-state index is 0.0114. The van der Waals surface area contributed by atoms with Crippen molar-refractivity contribution in [2.24, 2.45) is 0 Å². The zero-order chi connectivity index (χ0) is 19.9. The summed E-state index contributed by atoms with van der Waals surface area (Å²) < 4.78 is 5.98. The van der Waals surface area contributed by atoms with Gasteiger partial charge in [-0.05, 0) is 51.0 Å². The molecule has 0 aliphatic heterocycles. The molecule has 3 N–H and O–H groups in total. The van der Waals surface area contributed by atoms with Crippen LogP contribution in [0.2, 0.25) is 0 Å². The van der Waals surface area contributed by atoms with E-state index in [0.29, 0.717) is 15.7 Å². The summed E-state index contributed by atoms with van der Waals surface area (Å²) in [5, 5.41) is 8.63. The van der Waals surface area contributed by atoms with Crippen molar-refractivity contribution >= 4 is 39.6 Å². The summed E-state index contributed by atoms with van der Waals surface area (Å²) in [6.45, 7) is 5.11. The number of halogens is 1. The Morgan fingerprint density at radius 3 is 2.54 bits per heavy atom. The van der Waals surface area contributed by atoms with Gasteiger partial charge in [-0.15, -0.1) is 0 Å². The van der Waals surface area contributed by atoms with Gasteiger partial charge in [0, 0.05) is 22.8 Å². The number of carbonyl (C=O) groups excluding carboxylic acids is 2. The van der Waals surface area contributed by atoms with Gasteiger partial charge in [0.25, 0.3) is 0 Å². The Hall–Kier alpha value is -2.35. The van der Waals surface area contributed by atoms with Gasteiger partial charge in [0.15, 0.2) is 0 Å². The number of rotatable bonds is 6. The molecule has 0 unspecified atom stereocenters. The molecule has 0 aliphatic rings. The van der Waals surface area contributed by atoms with E-state index in [4.69, 9.17) is 15.6 Å². The standard InChI is InChI=1S/C18H23BrN2O5/c1-18(2,3)26-17(25)21(9-5-4-6-16(23)24)15(22)11-12-10-13(20)7-8-14(12)19/h4,6-8,10H,5,9,11,20H2,1-3H3,(H,23,24). The Balaban J connectivity index is 2.94. The van der Waals surface area contributed by atoms with Crippen molar-refractivity contribution in [2.75, 3.05) is 12.3 Å². The first-order valence-corrected chi connectivity index (χ1v) is 8.75. The summed E-state index contributed by atoms with van der Waals surface area (Å²) in [6, 6.07) is 5.07. The molecule has 1 aromatic rings. The van der Waals surface area contributed by atoms with Gasteiger partial charge in [-0.1, -0.05) is 22.0 Å². The van der Waals surface area contributed by atoms with Crippen molar-refractivity contribution in [1.29, 1.82) is 0 Å². The first kappa shape index (κ1) is 21.7. The number of imide groups is 1. The maximum absolute atomic E-state index is 12.7. The van der Waals surface area contributed by atoms with Crippen molar-refractivity contribution < 1.29 is 24.2 Å². The SMILES string of the molecule is CC(C)(C)OC(=O)N(CCC=CC(=O)O)C(=O)Cc1cc(N)ccc1Br. The quantitative estimate of drug-likeness (QED) is 0.532. The van der Waals surface area contributed by atoms with Crippen LogP contribution >= 0.6 is 15.9 Å². The summed E-state index contributed by atoms with van der Waals surface area (Å²) in [5.41, 5.74) is 6.13. The third-order valence-corrected chi connectivity index (χ3v) is 3.88. The average molecular weight is 427 g/mol. The molecule has 0 aromatic heterocycles. The van der Waals surface area contributed by atoms with Gasteiger partial charge in [-0.25, -0.2) is 14.5 Å². The lowest BCUT2D eigenvalue weighted by molar-refractivity contribution is -0.131. The van der Waals surface area contributed by atoms with Gasteiger partial charge < -0.3 is 15.6 Å². The Bertz CT molecular complexity index is 710. The van der Waals surface area contributed by atoms with Crippen LogP contribution in [0, 0.1) is 0 Å². The maximum Gasteiger partial charge on any atom is 0.417 e. The Labute approximate surface area is 160 Å². The summed E-state index contributed by atoms with van der Waals surface area (Å²) in [6.07, 6.45) is 1.73. The van der Waals surface area contributed by atoms with E-state index in [2.05, 4.69) is 15.9 Å². The highest BCUT2D eigenvalue weighted by Crippen LogP contribution is 2.21. The van der Waals surface area contributed by atoms with Crippen LogP contribution in [0.4, 0.5) is 10.5 Å². The normalized spacial score (nSPS) is 11.4. The molecule has 0 fully saturated rings. The number of aliphatic carboxylic acids is 1. The second-order valence-corrected chi connectivity index (χ2v) is 7.44. The van der Waals surface area contributed by atoms with Crippen LogP contribution in [-0.2, 0) is 20.7 Å². The molecule has 26 heavy (non-hydrogen) atoms. The molecule has 0 saturated heterocycles. The second-order valence-electron chi connectivity index (χ2n) is 6.58. The number of nitrogens with two attached hydrogens (primary N) is 1. The van der Waals surface area contributed by atoms with E-state index >= 15 is 0 Å². The number of benzene rings is 1. The molecule has 0 atom stereocenters. The highest BCUT2D eigenvalue weighted by Gasteiger charge is 2.27. The highest BCUT2D eigenvalue weighted by molar-refractivity contribution is 9.10. The first-order valence-electron chi connectivity index (χ1n) is 7.96. The molecular weight excluding hydrogens is 404 g/mol. The molecule has 0 saturated carbocycles. The van der Waals surface area contributed by atoms with Crippen LogP contribution in [0.1, 0.15) is 32.8 Å². The zero-order valence-corrected chi connectivity index (χ0v) is 16.6. The molecule has 0 bridgehead atoms. The van der Waals surface area contributed by atoms with Crippen LogP contribution < -0.4 is 5.73 Å². The fraction of sp³-hybridized carbons (Fsp3) is 0.389. The average Bonchev–Trinajstić information content (AvgIpc) is 2.48. The van der Waals surface area contributed by atoms with E-state index in [1.165, 1.54) is 6.08 Å². The van der Waals surface area contributed by atoms with Gasteiger partial charge in [-0.2, -0.15) is 0 Å². The van der Waals surface area contributed by atoms with E-state index in [-0.39, 0.29) is 19.4 Å². The summed E-state index contributed by atoms with van der Waals surface area (Å²) in [4.78, 5) is 36.5. The van der Waals surface area contributed by atoms with Crippen molar-refractivity contribution in [2.45, 2.75) is 39.2 Å². The molecule has 1 aromatic carbocycles. The molecule has 0 aliphatic carbocycles. The Kier molecular flexibility index (Phi) is 7.82. The van der Waals surface area contributed by atoms with Crippen LogP contribution in [-0.4, -0.2) is 40.1 Å². The van der Waals surface area contributed by atoms with Gasteiger partial charge in [0.1, 0.15) is 5.60 Å². The van der Waals surface area contributed by atoms with Crippen molar-refractivity contribution in [3.05, 3.63) is 40.4 Å². The third kappa shape index (κ3) is 7.69. The van der Waals surface area contributed by atoms with Crippen LogP contribution in [0.5, 0.6) is 0 Å². The Morgan fingerprint density at radius 2 is 1.96 bits per heavy atom. The van der Waals surface area contributed by atoms with Crippen molar-refractivity contribution in [3.8, 4) is 0 Å². The number of amides is 2. The summed E-state index contributed by atoms with van der Waals surface area (Å²) in [5.74, 6) is -1.56. The van der Waals surface area contributed by atoms with Crippen LogP contribution in [0.25, 0.3) is 0 Å². The minimum Gasteiger partial charge on any atom is -0.478 e. The largest absolute Gasteiger partial charge is 0.478 e. The van der Waals surface area contributed by atoms with E-state index in [9.17, 15) is 14.4 Å². The number of carboxylic acid groups (broad SMARTS) is 1. The molecule has 0 spiro atoms.